The maximum absolute atomic E-state index is 6.55. The van der Waals surface area contributed by atoms with E-state index in [-0.39, 0.29) is 0 Å². The van der Waals surface area contributed by atoms with E-state index in [4.69, 9.17) is 4.42 Å². The lowest BCUT2D eigenvalue weighted by Gasteiger charge is -2.29. The molecule has 262 valence electrons. The number of fused-ring (bicyclic) bond motifs is 6. The standard InChI is InChI=1S/C54H35NO/c1-2-13-38(14-3-1)46-24-12-25-49-50-35-40(29-34-53(50)56-54(46)49)44-32-33-52(48-22-9-8-21-47(44)48)55(51-26-11-18-37-16-5-7-20-45(37)51)41-30-27-39(28-31-41)43-23-10-17-36-15-4-6-19-42(36)43/h1-35H. The summed E-state index contributed by atoms with van der Waals surface area (Å²) in [6.45, 7) is 0. The largest absolute Gasteiger partial charge is 0.455 e. The number of hydrogen-bond acceptors (Lipinski definition) is 2. The minimum Gasteiger partial charge on any atom is -0.455 e. The van der Waals surface area contributed by atoms with Gasteiger partial charge < -0.3 is 9.32 Å². The van der Waals surface area contributed by atoms with Gasteiger partial charge in [0.05, 0.1) is 11.4 Å². The van der Waals surface area contributed by atoms with Crippen molar-refractivity contribution in [2.24, 2.45) is 0 Å². The highest BCUT2D eigenvalue weighted by Crippen LogP contribution is 2.45. The molecule has 0 saturated heterocycles. The zero-order valence-electron chi connectivity index (χ0n) is 30.6. The third kappa shape index (κ3) is 5.26. The summed E-state index contributed by atoms with van der Waals surface area (Å²) < 4.78 is 6.55. The van der Waals surface area contributed by atoms with Crippen molar-refractivity contribution in [1.82, 2.24) is 0 Å². The lowest BCUT2D eigenvalue weighted by Crippen LogP contribution is -2.11. The molecule has 0 amide bonds. The second-order valence-electron chi connectivity index (χ2n) is 14.4. The van der Waals surface area contributed by atoms with Gasteiger partial charge in [0.1, 0.15) is 11.2 Å². The first-order valence-electron chi connectivity index (χ1n) is 19.2. The van der Waals surface area contributed by atoms with E-state index in [1.165, 1.54) is 49.0 Å². The smallest absolute Gasteiger partial charge is 0.143 e. The van der Waals surface area contributed by atoms with Crippen molar-refractivity contribution >= 4 is 71.3 Å². The Morgan fingerprint density at radius 2 is 0.857 bits per heavy atom. The minimum atomic E-state index is 0.891. The second kappa shape index (κ2) is 13.2. The van der Waals surface area contributed by atoms with Gasteiger partial charge in [0.15, 0.2) is 0 Å². The van der Waals surface area contributed by atoms with Crippen molar-refractivity contribution < 1.29 is 4.42 Å². The fourth-order valence-electron chi connectivity index (χ4n) is 8.62. The monoisotopic (exact) mass is 713 g/mol. The van der Waals surface area contributed by atoms with Crippen LogP contribution in [0.5, 0.6) is 0 Å². The predicted molar refractivity (Wildman–Crippen MR) is 237 cm³/mol. The molecule has 10 aromatic carbocycles. The molecule has 0 aliphatic rings. The number of hydrogen-bond donors (Lipinski definition) is 0. The normalized spacial score (nSPS) is 11.6. The van der Waals surface area contributed by atoms with E-state index in [2.05, 4.69) is 217 Å². The summed E-state index contributed by atoms with van der Waals surface area (Å²) in [5, 5.41) is 9.53. The van der Waals surface area contributed by atoms with Crippen molar-refractivity contribution in [2.75, 3.05) is 4.90 Å². The molecule has 0 spiro atoms. The summed E-state index contributed by atoms with van der Waals surface area (Å²) in [5.74, 6) is 0. The van der Waals surface area contributed by atoms with E-state index in [0.29, 0.717) is 0 Å². The van der Waals surface area contributed by atoms with Crippen molar-refractivity contribution in [3.63, 3.8) is 0 Å². The molecule has 0 bridgehead atoms. The van der Waals surface area contributed by atoms with E-state index in [9.17, 15) is 0 Å². The summed E-state index contributed by atoms with van der Waals surface area (Å²) in [4.78, 5) is 2.43. The molecular weight excluding hydrogens is 679 g/mol. The molecule has 2 heteroatoms. The summed E-state index contributed by atoms with van der Waals surface area (Å²) >= 11 is 0. The van der Waals surface area contributed by atoms with Crippen LogP contribution in [-0.2, 0) is 0 Å². The van der Waals surface area contributed by atoms with Gasteiger partial charge in [-0.25, -0.2) is 0 Å². The van der Waals surface area contributed by atoms with Crippen LogP contribution in [0.2, 0.25) is 0 Å². The molecule has 1 heterocycles. The molecule has 2 nitrogen and oxygen atoms in total. The highest BCUT2D eigenvalue weighted by molar-refractivity contribution is 6.13. The zero-order valence-corrected chi connectivity index (χ0v) is 30.6. The molecule has 0 unspecified atom stereocenters. The fourth-order valence-corrected chi connectivity index (χ4v) is 8.62. The summed E-state index contributed by atoms with van der Waals surface area (Å²) in [7, 11) is 0. The summed E-state index contributed by atoms with van der Waals surface area (Å²) in [6, 6.07) is 76.5. The van der Waals surface area contributed by atoms with Crippen molar-refractivity contribution in [2.45, 2.75) is 0 Å². The number of rotatable bonds is 6. The van der Waals surface area contributed by atoms with Crippen LogP contribution >= 0.6 is 0 Å². The molecular formula is C54H35NO. The van der Waals surface area contributed by atoms with Crippen molar-refractivity contribution in [1.29, 1.82) is 0 Å². The fraction of sp³-hybridized carbons (Fsp3) is 0. The Morgan fingerprint density at radius 1 is 0.304 bits per heavy atom. The van der Waals surface area contributed by atoms with E-state index in [0.717, 1.165) is 55.7 Å². The van der Waals surface area contributed by atoms with Crippen LogP contribution in [0.25, 0.3) is 87.6 Å². The van der Waals surface area contributed by atoms with Gasteiger partial charge in [-0.15, -0.1) is 0 Å². The Bertz CT molecular complexity index is 3240. The number of anilines is 3. The molecule has 0 aliphatic carbocycles. The summed E-state index contributed by atoms with van der Waals surface area (Å²) in [6.07, 6.45) is 0. The number of benzene rings is 10. The predicted octanol–water partition coefficient (Wildman–Crippen LogP) is 15.5. The van der Waals surface area contributed by atoms with E-state index < -0.39 is 0 Å². The van der Waals surface area contributed by atoms with Crippen LogP contribution in [-0.4, -0.2) is 0 Å². The number of nitrogens with zero attached hydrogens (tertiary/aromatic N) is 1. The Hall–Kier alpha value is -7.42. The van der Waals surface area contributed by atoms with Gasteiger partial charge in [-0.3, -0.25) is 0 Å². The first-order chi connectivity index (χ1) is 27.8. The van der Waals surface area contributed by atoms with Gasteiger partial charge in [-0.1, -0.05) is 176 Å². The summed E-state index contributed by atoms with van der Waals surface area (Å²) in [5.41, 5.74) is 12.2. The van der Waals surface area contributed by atoms with Crippen LogP contribution in [0.1, 0.15) is 0 Å². The second-order valence-corrected chi connectivity index (χ2v) is 14.4. The SMILES string of the molecule is c1ccc(-c2cccc3c2oc2ccc(-c4ccc(N(c5ccc(-c6cccc7ccccc67)cc5)c5cccc6ccccc56)c5ccccc45)cc23)cc1. The van der Waals surface area contributed by atoms with E-state index in [1.807, 2.05) is 0 Å². The Morgan fingerprint density at radius 3 is 1.68 bits per heavy atom. The van der Waals surface area contributed by atoms with Crippen LogP contribution in [0.4, 0.5) is 17.1 Å². The molecule has 0 N–H and O–H groups in total. The Labute approximate surface area is 325 Å². The van der Waals surface area contributed by atoms with E-state index in [1.54, 1.807) is 0 Å². The Balaban J connectivity index is 1.08. The molecule has 11 rings (SSSR count). The average Bonchev–Trinajstić information content (AvgIpc) is 3.65. The van der Waals surface area contributed by atoms with Crippen LogP contribution in [0, 0.1) is 0 Å². The molecule has 0 atom stereocenters. The van der Waals surface area contributed by atoms with Gasteiger partial charge in [-0.05, 0) is 85.8 Å². The topological polar surface area (TPSA) is 16.4 Å². The van der Waals surface area contributed by atoms with Gasteiger partial charge in [0.25, 0.3) is 0 Å². The van der Waals surface area contributed by atoms with E-state index >= 15 is 0 Å². The molecule has 56 heavy (non-hydrogen) atoms. The molecule has 0 aliphatic heterocycles. The quantitative estimate of drug-likeness (QED) is 0.171. The van der Waals surface area contributed by atoms with Gasteiger partial charge >= 0.3 is 0 Å². The molecule has 11 aromatic rings. The number of furan rings is 1. The zero-order chi connectivity index (χ0) is 37.0. The highest BCUT2D eigenvalue weighted by atomic mass is 16.3. The van der Waals surface area contributed by atoms with Gasteiger partial charge in [-0.2, -0.15) is 0 Å². The van der Waals surface area contributed by atoms with Crippen molar-refractivity contribution in [3.8, 4) is 33.4 Å². The highest BCUT2D eigenvalue weighted by Gasteiger charge is 2.20. The van der Waals surface area contributed by atoms with Crippen LogP contribution in [0.15, 0.2) is 217 Å². The van der Waals surface area contributed by atoms with Crippen LogP contribution < -0.4 is 4.90 Å². The molecule has 0 radical (unpaired) electrons. The minimum absolute atomic E-state index is 0.891. The third-order valence-electron chi connectivity index (χ3n) is 11.3. The first kappa shape index (κ1) is 32.0. The first-order valence-corrected chi connectivity index (χ1v) is 19.2. The van der Waals surface area contributed by atoms with Crippen LogP contribution in [0.3, 0.4) is 0 Å². The lowest BCUT2D eigenvalue weighted by atomic mass is 9.94. The molecule has 0 fully saturated rings. The molecule has 0 saturated carbocycles. The maximum atomic E-state index is 6.55. The van der Waals surface area contributed by atoms with Gasteiger partial charge in [0, 0.05) is 32.8 Å². The Kier molecular flexibility index (Phi) is 7.53. The third-order valence-corrected chi connectivity index (χ3v) is 11.3. The van der Waals surface area contributed by atoms with Gasteiger partial charge in [0.2, 0.25) is 0 Å². The van der Waals surface area contributed by atoms with Crippen molar-refractivity contribution in [3.05, 3.63) is 212 Å². The lowest BCUT2D eigenvalue weighted by molar-refractivity contribution is 0.670. The maximum Gasteiger partial charge on any atom is 0.143 e. The average molecular weight is 714 g/mol. The molecule has 1 aromatic heterocycles. The number of para-hydroxylation sites is 1.